The highest BCUT2D eigenvalue weighted by Crippen LogP contribution is 2.37. The molecule has 5 rings (SSSR count). The van der Waals surface area contributed by atoms with Gasteiger partial charge in [-0.25, -0.2) is 0 Å². The second-order valence-corrected chi connectivity index (χ2v) is 7.75. The van der Waals surface area contributed by atoms with Crippen molar-refractivity contribution in [2.75, 3.05) is 19.6 Å². The molecule has 2 aromatic rings. The first-order valence-corrected chi connectivity index (χ1v) is 9.92. The molecule has 1 amide bonds. The Morgan fingerprint density at radius 2 is 1.81 bits per heavy atom. The van der Waals surface area contributed by atoms with Crippen LogP contribution >= 0.6 is 0 Å². The van der Waals surface area contributed by atoms with E-state index in [-0.39, 0.29) is 5.91 Å². The van der Waals surface area contributed by atoms with Gasteiger partial charge in [0.1, 0.15) is 0 Å². The zero-order valence-electron chi connectivity index (χ0n) is 15.5. The van der Waals surface area contributed by atoms with Crippen LogP contribution < -0.4 is 5.32 Å². The van der Waals surface area contributed by atoms with E-state index in [0.717, 1.165) is 29.5 Å². The first-order valence-electron chi connectivity index (χ1n) is 9.92. The highest BCUT2D eigenvalue weighted by atomic mass is 16.1. The number of hydrogen-bond acceptors (Lipinski definition) is 2. The average Bonchev–Trinajstić information content (AvgIpc) is 2.73. The molecule has 0 saturated carbocycles. The normalized spacial score (nSPS) is 27.3. The summed E-state index contributed by atoms with van der Waals surface area (Å²) in [6.07, 6.45) is 3.86. The molecule has 0 aliphatic carbocycles. The topological polar surface area (TPSA) is 32.3 Å². The fraction of sp³-hybridized carbons (Fsp3) is 0.435. The second-order valence-electron chi connectivity index (χ2n) is 7.75. The van der Waals surface area contributed by atoms with Gasteiger partial charge < -0.3 is 5.32 Å². The highest BCUT2D eigenvalue weighted by Gasteiger charge is 2.38. The molecule has 3 heteroatoms. The highest BCUT2D eigenvalue weighted by molar-refractivity contribution is 5.94. The molecule has 3 aliphatic heterocycles. The van der Waals surface area contributed by atoms with Gasteiger partial charge in [-0.2, -0.15) is 0 Å². The Morgan fingerprint density at radius 1 is 1.08 bits per heavy atom. The van der Waals surface area contributed by atoms with Crippen LogP contribution in [0.1, 0.15) is 36.5 Å². The molecule has 3 heterocycles. The van der Waals surface area contributed by atoms with Gasteiger partial charge in [0.2, 0.25) is 0 Å². The van der Waals surface area contributed by atoms with Crippen LogP contribution in [0.4, 0.5) is 0 Å². The molecular formula is C23H28N2O. The third-order valence-corrected chi connectivity index (χ3v) is 6.29. The summed E-state index contributed by atoms with van der Waals surface area (Å²) < 4.78 is 0. The molecule has 3 saturated heterocycles. The minimum absolute atomic E-state index is 0.0410. The summed E-state index contributed by atoms with van der Waals surface area (Å²) in [5.74, 6) is 1.76. The van der Waals surface area contributed by atoms with Crippen LogP contribution in [-0.2, 0) is 0 Å². The smallest absolute Gasteiger partial charge is 0.251 e. The van der Waals surface area contributed by atoms with Crippen molar-refractivity contribution < 1.29 is 4.79 Å². The van der Waals surface area contributed by atoms with E-state index in [4.69, 9.17) is 0 Å². The van der Waals surface area contributed by atoms with Gasteiger partial charge in [-0.3, -0.25) is 9.69 Å². The van der Waals surface area contributed by atoms with Crippen LogP contribution in [0.5, 0.6) is 0 Å². The van der Waals surface area contributed by atoms with Crippen LogP contribution in [0.2, 0.25) is 0 Å². The average molecular weight is 348 g/mol. The molecule has 26 heavy (non-hydrogen) atoms. The van der Waals surface area contributed by atoms with E-state index in [0.29, 0.717) is 6.04 Å². The fourth-order valence-corrected chi connectivity index (χ4v) is 4.68. The number of amides is 1. The zero-order chi connectivity index (χ0) is 17.9. The van der Waals surface area contributed by atoms with E-state index in [1.165, 1.54) is 37.9 Å². The molecule has 0 spiro atoms. The van der Waals surface area contributed by atoms with Crippen molar-refractivity contribution in [3.05, 3.63) is 60.2 Å². The minimum Gasteiger partial charge on any atom is -0.350 e. The SMILES string of the molecule is CCC1CN2CCC1CC2CNC(=O)c1ccc(-c2ccccc2)cc1. The van der Waals surface area contributed by atoms with E-state index < -0.39 is 0 Å². The Bertz CT molecular complexity index is 741. The minimum atomic E-state index is 0.0410. The summed E-state index contributed by atoms with van der Waals surface area (Å²) in [4.78, 5) is 15.1. The number of rotatable bonds is 5. The zero-order valence-corrected chi connectivity index (χ0v) is 15.5. The summed E-state index contributed by atoms with van der Waals surface area (Å²) in [6, 6.07) is 18.7. The van der Waals surface area contributed by atoms with Gasteiger partial charge in [0.25, 0.3) is 5.91 Å². The number of nitrogens with one attached hydrogen (secondary N) is 1. The molecular weight excluding hydrogens is 320 g/mol. The van der Waals surface area contributed by atoms with E-state index in [1.54, 1.807) is 0 Å². The van der Waals surface area contributed by atoms with Gasteiger partial charge in [-0.1, -0.05) is 55.8 Å². The third-order valence-electron chi connectivity index (χ3n) is 6.29. The van der Waals surface area contributed by atoms with Crippen LogP contribution in [0.25, 0.3) is 11.1 Å². The van der Waals surface area contributed by atoms with Crippen LogP contribution in [0.15, 0.2) is 54.6 Å². The van der Waals surface area contributed by atoms with Crippen molar-refractivity contribution in [2.24, 2.45) is 11.8 Å². The summed E-state index contributed by atoms with van der Waals surface area (Å²) in [5, 5.41) is 3.17. The number of nitrogens with zero attached hydrogens (tertiary/aromatic N) is 1. The quantitative estimate of drug-likeness (QED) is 0.878. The van der Waals surface area contributed by atoms with E-state index in [9.17, 15) is 4.79 Å². The van der Waals surface area contributed by atoms with Gasteiger partial charge in [-0.05, 0) is 54.5 Å². The summed E-state index contributed by atoms with van der Waals surface area (Å²) in [7, 11) is 0. The predicted molar refractivity (Wildman–Crippen MR) is 106 cm³/mol. The Balaban J connectivity index is 1.34. The van der Waals surface area contributed by atoms with Gasteiger partial charge in [0.05, 0.1) is 0 Å². The standard InChI is InChI=1S/C23H28N2O/c1-2-17-16-25-13-12-21(17)14-22(25)15-24-23(26)20-10-8-19(9-11-20)18-6-4-3-5-7-18/h3-11,17,21-22H,2,12-16H2,1H3,(H,24,26). The van der Waals surface area contributed by atoms with Crippen molar-refractivity contribution in [3.8, 4) is 11.1 Å². The largest absolute Gasteiger partial charge is 0.350 e. The summed E-state index contributed by atoms with van der Waals surface area (Å²) in [6.45, 7) is 5.50. The van der Waals surface area contributed by atoms with Crippen molar-refractivity contribution >= 4 is 5.91 Å². The van der Waals surface area contributed by atoms with Crippen molar-refractivity contribution in [3.63, 3.8) is 0 Å². The first-order chi connectivity index (χ1) is 12.7. The maximum Gasteiger partial charge on any atom is 0.251 e. The van der Waals surface area contributed by atoms with Gasteiger partial charge in [-0.15, -0.1) is 0 Å². The molecule has 136 valence electrons. The Labute approximate surface area is 156 Å². The molecule has 2 aromatic carbocycles. The van der Waals surface area contributed by atoms with Crippen molar-refractivity contribution in [1.82, 2.24) is 10.2 Å². The van der Waals surface area contributed by atoms with E-state index >= 15 is 0 Å². The van der Waals surface area contributed by atoms with E-state index in [2.05, 4.69) is 29.3 Å². The number of hydrogen-bond donors (Lipinski definition) is 1. The summed E-state index contributed by atoms with van der Waals surface area (Å²) in [5.41, 5.74) is 3.06. The molecule has 3 fully saturated rings. The van der Waals surface area contributed by atoms with Crippen LogP contribution in [-0.4, -0.2) is 36.5 Å². The predicted octanol–water partition coefficient (Wildman–Crippen LogP) is 4.20. The lowest BCUT2D eigenvalue weighted by Gasteiger charge is -2.50. The Kier molecular flexibility index (Phi) is 5.07. The lowest BCUT2D eigenvalue weighted by Crippen LogP contribution is -2.56. The van der Waals surface area contributed by atoms with Crippen molar-refractivity contribution in [2.45, 2.75) is 32.2 Å². The number of benzene rings is 2. The number of fused-ring (bicyclic) bond motifs is 3. The Morgan fingerprint density at radius 3 is 2.46 bits per heavy atom. The molecule has 4 unspecified atom stereocenters. The molecule has 2 bridgehead atoms. The molecule has 3 aliphatic rings. The van der Waals surface area contributed by atoms with Crippen LogP contribution in [0, 0.1) is 11.8 Å². The lowest BCUT2D eigenvalue weighted by molar-refractivity contribution is 0.000726. The maximum atomic E-state index is 12.5. The Hall–Kier alpha value is -2.13. The second kappa shape index (κ2) is 7.63. The fourth-order valence-electron chi connectivity index (χ4n) is 4.68. The van der Waals surface area contributed by atoms with Gasteiger partial charge in [0.15, 0.2) is 0 Å². The van der Waals surface area contributed by atoms with E-state index in [1.807, 2.05) is 42.5 Å². The summed E-state index contributed by atoms with van der Waals surface area (Å²) >= 11 is 0. The van der Waals surface area contributed by atoms with Gasteiger partial charge in [0, 0.05) is 24.7 Å². The molecule has 3 nitrogen and oxygen atoms in total. The maximum absolute atomic E-state index is 12.5. The molecule has 1 N–H and O–H groups in total. The number of carbonyl (C=O) groups excluding carboxylic acids is 1. The molecule has 0 radical (unpaired) electrons. The lowest BCUT2D eigenvalue weighted by atomic mass is 9.74. The third kappa shape index (κ3) is 3.54. The van der Waals surface area contributed by atoms with Crippen molar-refractivity contribution in [1.29, 1.82) is 0 Å². The number of piperidine rings is 3. The van der Waals surface area contributed by atoms with Crippen LogP contribution in [0.3, 0.4) is 0 Å². The molecule has 0 aromatic heterocycles. The monoisotopic (exact) mass is 348 g/mol. The first kappa shape index (κ1) is 17.3. The molecule has 4 atom stereocenters. The van der Waals surface area contributed by atoms with Gasteiger partial charge >= 0.3 is 0 Å². The number of carbonyl (C=O) groups is 1.